The number of hydrogen-bond donors (Lipinski definition) is 2. The minimum atomic E-state index is -4.87. The predicted octanol–water partition coefficient (Wildman–Crippen LogP) is 2.82. The van der Waals surface area contributed by atoms with Crippen molar-refractivity contribution in [2.45, 2.75) is 13.1 Å². The fourth-order valence-electron chi connectivity index (χ4n) is 2.88. The van der Waals surface area contributed by atoms with E-state index in [2.05, 4.69) is 20.5 Å². The topological polar surface area (TPSA) is 115 Å². The van der Waals surface area contributed by atoms with Gasteiger partial charge in [0.2, 0.25) is 0 Å². The number of carbonyl (C=O) groups is 3. The lowest BCUT2D eigenvalue weighted by molar-refractivity contribution is -0.143. The highest BCUT2D eigenvalue weighted by Crippen LogP contribution is 2.34. The second-order valence-electron chi connectivity index (χ2n) is 6.57. The van der Waals surface area contributed by atoms with E-state index in [0.29, 0.717) is 4.68 Å². The van der Waals surface area contributed by atoms with Crippen molar-refractivity contribution >= 4 is 17.8 Å². The number of nitrogens with one attached hydrogen (secondary N) is 2. The first kappa shape index (κ1) is 23.6. The maximum Gasteiger partial charge on any atom is 0.434 e. The van der Waals surface area contributed by atoms with Gasteiger partial charge in [-0.3, -0.25) is 9.59 Å². The number of alkyl halides is 3. The molecule has 0 saturated carbocycles. The highest BCUT2D eigenvalue weighted by molar-refractivity contribution is 5.94. The number of hydrogen-bond acceptors (Lipinski definition) is 6. The quantitative estimate of drug-likeness (QED) is 0.391. The molecule has 0 aliphatic rings. The van der Waals surface area contributed by atoms with E-state index in [1.54, 1.807) is 6.07 Å². The summed E-state index contributed by atoms with van der Waals surface area (Å²) >= 11 is 0. The number of carbonyl (C=O) groups excluding carboxylic acids is 3. The molecule has 1 aromatic carbocycles. The molecular weight excluding hydrogens is 445 g/mol. The van der Waals surface area contributed by atoms with Crippen LogP contribution in [-0.4, -0.2) is 47.3 Å². The zero-order chi connectivity index (χ0) is 24.0. The summed E-state index contributed by atoms with van der Waals surface area (Å²) in [5, 5.41) is 8.82. The van der Waals surface area contributed by atoms with E-state index in [1.807, 2.05) is 0 Å². The fraction of sp³-hybridized carbons (Fsp3) is 0.238. The number of rotatable bonds is 8. The molecule has 2 N–H and O–H groups in total. The second-order valence-corrected chi connectivity index (χ2v) is 6.57. The third kappa shape index (κ3) is 5.59. The van der Waals surface area contributed by atoms with Crippen molar-refractivity contribution in [1.29, 1.82) is 0 Å². The van der Waals surface area contributed by atoms with Gasteiger partial charge < -0.3 is 19.8 Å². The Morgan fingerprint density at radius 2 is 1.73 bits per heavy atom. The Morgan fingerprint density at radius 3 is 2.30 bits per heavy atom. The van der Waals surface area contributed by atoms with Gasteiger partial charge in [-0.1, -0.05) is 0 Å². The van der Waals surface area contributed by atoms with Gasteiger partial charge in [-0.15, -0.1) is 0 Å². The van der Waals surface area contributed by atoms with Gasteiger partial charge in [0, 0.05) is 18.7 Å². The van der Waals surface area contributed by atoms with Crippen LogP contribution in [0.15, 0.2) is 53.3 Å². The average molecular weight is 464 g/mol. The number of benzene rings is 1. The molecule has 0 saturated heterocycles. The molecule has 0 spiro atoms. The Labute approximate surface area is 185 Å². The van der Waals surface area contributed by atoms with E-state index < -0.39 is 35.2 Å². The Hall–Kier alpha value is -4.09. The number of nitrogens with zero attached hydrogens (tertiary/aromatic N) is 2. The van der Waals surface area contributed by atoms with Crippen LogP contribution in [0.2, 0.25) is 0 Å². The van der Waals surface area contributed by atoms with Gasteiger partial charge in [0.1, 0.15) is 5.56 Å². The largest absolute Gasteiger partial charge is 0.462 e. The van der Waals surface area contributed by atoms with E-state index in [-0.39, 0.29) is 36.7 Å². The van der Waals surface area contributed by atoms with Crippen molar-refractivity contribution in [3.63, 3.8) is 0 Å². The van der Waals surface area contributed by atoms with Gasteiger partial charge in [-0.2, -0.15) is 18.3 Å². The summed E-state index contributed by atoms with van der Waals surface area (Å²) in [5.41, 5.74) is -1.80. The molecule has 3 aromatic rings. The molecule has 2 amide bonds. The second kappa shape index (κ2) is 10.0. The van der Waals surface area contributed by atoms with Crippen LogP contribution in [0.3, 0.4) is 0 Å². The minimum absolute atomic E-state index is 0.000125. The van der Waals surface area contributed by atoms with Crippen molar-refractivity contribution in [2.75, 3.05) is 19.7 Å². The maximum atomic E-state index is 13.6. The van der Waals surface area contributed by atoms with Crippen LogP contribution in [0.5, 0.6) is 0 Å². The van der Waals surface area contributed by atoms with E-state index in [9.17, 15) is 27.6 Å². The average Bonchev–Trinajstić information content (AvgIpc) is 3.47. The molecule has 2 heterocycles. The summed E-state index contributed by atoms with van der Waals surface area (Å²) in [7, 11) is 0. The van der Waals surface area contributed by atoms with Gasteiger partial charge in [0.05, 0.1) is 24.8 Å². The molecule has 0 aliphatic carbocycles. The van der Waals surface area contributed by atoms with Crippen LogP contribution >= 0.6 is 0 Å². The molecule has 0 bridgehead atoms. The maximum absolute atomic E-state index is 13.6. The lowest BCUT2D eigenvalue weighted by Gasteiger charge is -2.13. The molecular formula is C21H19F3N4O5. The standard InChI is InChI=1S/C21H19F3N4O5/c1-2-32-20(31)15-12-27-28(17(15)21(22,23)24)14-7-5-13(6-8-14)18(29)25-9-10-26-19(30)16-4-3-11-33-16/h3-8,11-12H,2,9-10H2,1H3,(H,25,29)(H,26,30). The molecule has 0 atom stereocenters. The Morgan fingerprint density at radius 1 is 1.06 bits per heavy atom. The van der Waals surface area contributed by atoms with Crippen LogP contribution in [0, 0.1) is 0 Å². The molecule has 0 unspecified atom stereocenters. The molecule has 33 heavy (non-hydrogen) atoms. The molecule has 12 heteroatoms. The first-order chi connectivity index (χ1) is 15.7. The van der Waals surface area contributed by atoms with Crippen molar-refractivity contribution in [2.24, 2.45) is 0 Å². The van der Waals surface area contributed by atoms with E-state index in [4.69, 9.17) is 4.42 Å². The summed E-state index contributed by atoms with van der Waals surface area (Å²) in [6.45, 7) is 1.65. The molecule has 3 rings (SSSR count). The Kier molecular flexibility index (Phi) is 7.16. The third-order valence-corrected chi connectivity index (χ3v) is 4.35. The van der Waals surface area contributed by atoms with Crippen LogP contribution in [-0.2, 0) is 10.9 Å². The number of amides is 2. The summed E-state index contributed by atoms with van der Waals surface area (Å²) in [4.78, 5) is 35.9. The van der Waals surface area contributed by atoms with E-state index in [0.717, 1.165) is 6.20 Å². The highest BCUT2D eigenvalue weighted by atomic mass is 19.4. The van der Waals surface area contributed by atoms with Crippen LogP contribution in [0.25, 0.3) is 5.69 Å². The third-order valence-electron chi connectivity index (χ3n) is 4.35. The summed E-state index contributed by atoms with van der Waals surface area (Å²) in [6, 6.07) is 8.24. The Balaban J connectivity index is 1.65. The van der Waals surface area contributed by atoms with E-state index >= 15 is 0 Å². The van der Waals surface area contributed by atoms with Crippen molar-refractivity contribution < 1.29 is 36.7 Å². The highest BCUT2D eigenvalue weighted by Gasteiger charge is 2.41. The minimum Gasteiger partial charge on any atom is -0.462 e. The molecule has 0 radical (unpaired) electrons. The van der Waals surface area contributed by atoms with Gasteiger partial charge >= 0.3 is 12.1 Å². The lowest BCUT2D eigenvalue weighted by Crippen LogP contribution is -2.34. The number of ether oxygens (including phenoxy) is 1. The smallest absolute Gasteiger partial charge is 0.434 e. The summed E-state index contributed by atoms with van der Waals surface area (Å²) < 4.78 is 50.9. The van der Waals surface area contributed by atoms with Gasteiger partial charge in [0.25, 0.3) is 11.8 Å². The SMILES string of the molecule is CCOC(=O)c1cnn(-c2ccc(C(=O)NCCNC(=O)c3ccco3)cc2)c1C(F)(F)F. The zero-order valence-corrected chi connectivity index (χ0v) is 17.3. The zero-order valence-electron chi connectivity index (χ0n) is 17.3. The van der Waals surface area contributed by atoms with Crippen molar-refractivity contribution in [3.05, 3.63) is 71.4 Å². The molecule has 174 valence electrons. The van der Waals surface area contributed by atoms with Crippen LogP contribution in [0.4, 0.5) is 13.2 Å². The number of halogens is 3. The van der Waals surface area contributed by atoms with Crippen molar-refractivity contribution in [3.8, 4) is 5.69 Å². The van der Waals surface area contributed by atoms with Gasteiger partial charge in [-0.05, 0) is 43.3 Å². The summed E-state index contributed by atoms with van der Waals surface area (Å²) in [6.07, 6.45) is -2.72. The normalized spacial score (nSPS) is 11.2. The van der Waals surface area contributed by atoms with Crippen molar-refractivity contribution in [1.82, 2.24) is 20.4 Å². The first-order valence-corrected chi connectivity index (χ1v) is 9.75. The summed E-state index contributed by atoms with van der Waals surface area (Å²) in [5.74, 6) is -1.91. The number of esters is 1. The predicted molar refractivity (Wildman–Crippen MR) is 108 cm³/mol. The molecule has 2 aromatic heterocycles. The molecule has 0 aliphatic heterocycles. The monoisotopic (exact) mass is 464 g/mol. The van der Waals surface area contributed by atoms with E-state index in [1.165, 1.54) is 43.5 Å². The lowest BCUT2D eigenvalue weighted by atomic mass is 10.2. The van der Waals surface area contributed by atoms with Crippen LogP contribution < -0.4 is 10.6 Å². The number of aromatic nitrogens is 2. The first-order valence-electron chi connectivity index (χ1n) is 9.75. The fourth-order valence-corrected chi connectivity index (χ4v) is 2.88. The van der Waals surface area contributed by atoms with Crippen LogP contribution in [0.1, 0.15) is 43.9 Å². The molecule has 9 nitrogen and oxygen atoms in total. The Bertz CT molecular complexity index is 1120. The molecule has 0 fully saturated rings. The van der Waals surface area contributed by atoms with Gasteiger partial charge in [0.15, 0.2) is 11.5 Å². The van der Waals surface area contributed by atoms with Gasteiger partial charge in [-0.25, -0.2) is 9.48 Å². The number of furan rings is 1.